The van der Waals surface area contributed by atoms with Crippen LogP contribution in [-0.2, 0) is 4.79 Å². The molecule has 0 amide bonds. The predicted molar refractivity (Wildman–Crippen MR) is 69.8 cm³/mol. The Morgan fingerprint density at radius 2 is 2.26 bits per heavy atom. The Hall–Kier alpha value is -2.56. The number of carboxylic acids is 1. The topological polar surface area (TPSA) is 79.1 Å². The van der Waals surface area contributed by atoms with E-state index in [-0.39, 0.29) is 0 Å². The molecule has 3 rings (SSSR count). The number of hydrogen-bond acceptors (Lipinski definition) is 3. The summed E-state index contributed by atoms with van der Waals surface area (Å²) in [5.41, 5.74) is 2.33. The minimum atomic E-state index is -0.842. The molecule has 0 aliphatic rings. The summed E-state index contributed by atoms with van der Waals surface area (Å²) in [6.45, 7) is 1.66. The van der Waals surface area contributed by atoms with Crippen molar-refractivity contribution in [3.63, 3.8) is 0 Å². The first kappa shape index (κ1) is 11.5. The Kier molecular flexibility index (Phi) is 2.59. The minimum absolute atomic E-state index is 0.542. The van der Waals surface area contributed by atoms with E-state index in [0.717, 1.165) is 16.6 Å². The molecular weight excluding hydrogens is 244 g/mol. The van der Waals surface area contributed by atoms with Crippen molar-refractivity contribution in [2.24, 2.45) is 0 Å². The molecule has 2 heterocycles. The number of hydrogen-bond donors (Lipinski definition) is 2. The van der Waals surface area contributed by atoms with Gasteiger partial charge in [0.15, 0.2) is 11.6 Å². The quantitative estimate of drug-likeness (QED) is 0.755. The number of imidazole rings is 1. The summed E-state index contributed by atoms with van der Waals surface area (Å²) >= 11 is 0. The van der Waals surface area contributed by atoms with Crippen molar-refractivity contribution in [1.29, 1.82) is 0 Å². The number of benzene rings is 1. The Bertz CT molecular complexity index is 728. The van der Waals surface area contributed by atoms with Crippen molar-refractivity contribution in [3.8, 4) is 11.6 Å². The van der Waals surface area contributed by atoms with Crippen LogP contribution in [0.25, 0.3) is 22.6 Å². The minimum Gasteiger partial charge on any atom is -0.481 e. The number of nitrogens with zero attached hydrogens (tertiary/aromatic N) is 1. The lowest BCUT2D eigenvalue weighted by atomic mass is 10.0. The van der Waals surface area contributed by atoms with Crippen molar-refractivity contribution < 1.29 is 14.3 Å². The molecule has 0 radical (unpaired) electrons. The summed E-state index contributed by atoms with van der Waals surface area (Å²) in [4.78, 5) is 18.5. The maximum atomic E-state index is 11.0. The fraction of sp³-hybridized carbons (Fsp3) is 0.143. The normalized spacial score (nSPS) is 12.7. The van der Waals surface area contributed by atoms with Gasteiger partial charge in [-0.15, -0.1) is 0 Å². The summed E-state index contributed by atoms with van der Waals surface area (Å²) in [6.07, 6.45) is 1.58. The number of rotatable bonds is 3. The van der Waals surface area contributed by atoms with E-state index in [4.69, 9.17) is 9.52 Å². The van der Waals surface area contributed by atoms with Gasteiger partial charge in [-0.05, 0) is 36.8 Å². The molecule has 3 aromatic rings. The van der Waals surface area contributed by atoms with Crippen LogP contribution in [0, 0.1) is 0 Å². The van der Waals surface area contributed by atoms with Crippen molar-refractivity contribution >= 4 is 17.0 Å². The van der Waals surface area contributed by atoms with Gasteiger partial charge in [0, 0.05) is 0 Å². The zero-order chi connectivity index (χ0) is 13.4. The second kappa shape index (κ2) is 4.28. The number of fused-ring (bicyclic) bond motifs is 1. The molecule has 96 valence electrons. The molecule has 0 bridgehead atoms. The molecule has 1 aromatic carbocycles. The fourth-order valence-electron chi connectivity index (χ4n) is 1.97. The highest BCUT2D eigenvalue weighted by atomic mass is 16.4. The smallest absolute Gasteiger partial charge is 0.310 e. The molecule has 2 aromatic heterocycles. The van der Waals surface area contributed by atoms with Crippen molar-refractivity contribution in [2.45, 2.75) is 12.8 Å². The van der Waals surface area contributed by atoms with Crippen LogP contribution in [0.4, 0.5) is 0 Å². The van der Waals surface area contributed by atoms with Gasteiger partial charge in [-0.25, -0.2) is 4.98 Å². The number of carbonyl (C=O) groups is 1. The van der Waals surface area contributed by atoms with E-state index in [1.165, 1.54) is 0 Å². The SMILES string of the molecule is CC(C(=O)O)c1ccc2nc(-c3ccco3)[nH]c2c1. The van der Waals surface area contributed by atoms with E-state index in [2.05, 4.69) is 9.97 Å². The number of aromatic nitrogens is 2. The van der Waals surface area contributed by atoms with E-state index >= 15 is 0 Å². The average molecular weight is 256 g/mol. The predicted octanol–water partition coefficient (Wildman–Crippen LogP) is 3.01. The molecule has 0 saturated carbocycles. The van der Waals surface area contributed by atoms with Crippen LogP contribution < -0.4 is 0 Å². The lowest BCUT2D eigenvalue weighted by Gasteiger charge is -2.05. The lowest BCUT2D eigenvalue weighted by Crippen LogP contribution is -2.06. The molecule has 1 unspecified atom stereocenters. The van der Waals surface area contributed by atoms with Crippen LogP contribution in [0.3, 0.4) is 0 Å². The second-order valence-corrected chi connectivity index (χ2v) is 4.40. The van der Waals surface area contributed by atoms with Gasteiger partial charge in [0.25, 0.3) is 0 Å². The summed E-state index contributed by atoms with van der Waals surface area (Å²) in [6, 6.07) is 9.02. The molecule has 2 N–H and O–H groups in total. The van der Waals surface area contributed by atoms with Crippen molar-refractivity contribution in [3.05, 3.63) is 42.2 Å². The Balaban J connectivity index is 2.07. The molecule has 0 aliphatic heterocycles. The maximum absolute atomic E-state index is 11.0. The first-order valence-electron chi connectivity index (χ1n) is 5.91. The van der Waals surface area contributed by atoms with Gasteiger partial charge in [-0.2, -0.15) is 0 Å². The van der Waals surface area contributed by atoms with Gasteiger partial charge in [0.1, 0.15) is 0 Å². The van der Waals surface area contributed by atoms with Gasteiger partial charge in [0.2, 0.25) is 0 Å². The highest BCUT2D eigenvalue weighted by molar-refractivity contribution is 5.82. The summed E-state index contributed by atoms with van der Waals surface area (Å²) in [5, 5.41) is 9.02. The molecule has 1 atom stereocenters. The Morgan fingerprint density at radius 1 is 1.42 bits per heavy atom. The molecule has 5 nitrogen and oxygen atoms in total. The largest absolute Gasteiger partial charge is 0.481 e. The average Bonchev–Trinajstić information content (AvgIpc) is 3.05. The number of aromatic amines is 1. The van der Waals surface area contributed by atoms with Crippen molar-refractivity contribution in [2.75, 3.05) is 0 Å². The number of nitrogens with one attached hydrogen (secondary N) is 1. The van der Waals surface area contributed by atoms with Crippen LogP contribution in [0.5, 0.6) is 0 Å². The zero-order valence-corrected chi connectivity index (χ0v) is 10.3. The van der Waals surface area contributed by atoms with E-state index in [9.17, 15) is 4.79 Å². The van der Waals surface area contributed by atoms with E-state index in [1.54, 1.807) is 25.3 Å². The molecular formula is C14H12N2O3. The third-order valence-electron chi connectivity index (χ3n) is 3.13. The van der Waals surface area contributed by atoms with Crippen LogP contribution in [0.15, 0.2) is 41.0 Å². The molecule has 0 saturated heterocycles. The fourth-order valence-corrected chi connectivity index (χ4v) is 1.97. The van der Waals surface area contributed by atoms with Gasteiger partial charge in [0.05, 0.1) is 23.2 Å². The van der Waals surface area contributed by atoms with Gasteiger partial charge >= 0.3 is 5.97 Å². The van der Waals surface area contributed by atoms with Crippen LogP contribution in [0.1, 0.15) is 18.4 Å². The van der Waals surface area contributed by atoms with Crippen LogP contribution in [0.2, 0.25) is 0 Å². The van der Waals surface area contributed by atoms with Crippen molar-refractivity contribution in [1.82, 2.24) is 9.97 Å². The third kappa shape index (κ3) is 1.99. The number of aliphatic carboxylic acids is 1. The molecule has 19 heavy (non-hydrogen) atoms. The highest BCUT2D eigenvalue weighted by Gasteiger charge is 2.15. The number of carboxylic acid groups (broad SMARTS) is 1. The summed E-state index contributed by atoms with van der Waals surface area (Å²) < 4.78 is 5.28. The number of furan rings is 1. The maximum Gasteiger partial charge on any atom is 0.310 e. The Morgan fingerprint density at radius 3 is 2.95 bits per heavy atom. The molecule has 0 spiro atoms. The zero-order valence-electron chi connectivity index (χ0n) is 10.3. The lowest BCUT2D eigenvalue weighted by molar-refractivity contribution is -0.138. The van der Waals surface area contributed by atoms with E-state index in [0.29, 0.717) is 11.6 Å². The number of H-pyrrole nitrogens is 1. The third-order valence-corrected chi connectivity index (χ3v) is 3.13. The second-order valence-electron chi connectivity index (χ2n) is 4.40. The summed E-state index contributed by atoms with van der Waals surface area (Å²) in [7, 11) is 0. The van der Waals surface area contributed by atoms with Gasteiger partial charge in [-0.3, -0.25) is 4.79 Å². The van der Waals surface area contributed by atoms with Crippen LogP contribution in [-0.4, -0.2) is 21.0 Å². The monoisotopic (exact) mass is 256 g/mol. The van der Waals surface area contributed by atoms with Crippen LogP contribution >= 0.6 is 0 Å². The first-order valence-corrected chi connectivity index (χ1v) is 5.91. The first-order chi connectivity index (χ1) is 9.15. The molecule has 0 aliphatic carbocycles. The Labute approximate surface area is 108 Å². The van der Waals surface area contributed by atoms with Gasteiger partial charge < -0.3 is 14.5 Å². The van der Waals surface area contributed by atoms with E-state index < -0.39 is 11.9 Å². The van der Waals surface area contributed by atoms with E-state index in [1.807, 2.05) is 18.2 Å². The highest BCUT2D eigenvalue weighted by Crippen LogP contribution is 2.24. The molecule has 5 heteroatoms. The standard InChI is InChI=1S/C14H12N2O3/c1-8(14(17)18)9-4-5-10-11(7-9)16-13(15-10)12-3-2-6-19-12/h2-8H,1H3,(H,15,16)(H,17,18). The molecule has 0 fully saturated rings. The van der Waals surface area contributed by atoms with Gasteiger partial charge in [-0.1, -0.05) is 6.07 Å². The summed E-state index contributed by atoms with van der Waals surface area (Å²) in [5.74, 6) is -0.0888.